The maximum atomic E-state index is 11.4. The Balaban J connectivity index is 2.40. The van der Waals surface area contributed by atoms with Crippen LogP contribution in [0.25, 0.3) is 5.57 Å². The van der Waals surface area contributed by atoms with Gasteiger partial charge in [0.05, 0.1) is 7.11 Å². The highest BCUT2D eigenvalue weighted by Crippen LogP contribution is 2.35. The van der Waals surface area contributed by atoms with Gasteiger partial charge in [-0.25, -0.2) is 0 Å². The van der Waals surface area contributed by atoms with Crippen molar-refractivity contribution >= 4 is 11.9 Å². The van der Waals surface area contributed by atoms with Crippen LogP contribution in [0.3, 0.4) is 0 Å². The molecule has 0 amide bonds. The summed E-state index contributed by atoms with van der Waals surface area (Å²) in [7, 11) is 3.07. The summed E-state index contributed by atoms with van der Waals surface area (Å²) in [6.45, 7) is 0. The Labute approximate surface area is 107 Å². The smallest absolute Gasteiger partial charge is 0.183 e. The SMILES string of the molecule is COC1=CC=C(c2ccccc2)CC1(C=O)OC. The number of hydrogen-bond acceptors (Lipinski definition) is 3. The minimum absolute atomic E-state index is 0.483. The van der Waals surface area contributed by atoms with Gasteiger partial charge in [0.25, 0.3) is 0 Å². The van der Waals surface area contributed by atoms with E-state index in [0.29, 0.717) is 12.2 Å². The first-order valence-corrected chi connectivity index (χ1v) is 5.78. The van der Waals surface area contributed by atoms with Crippen molar-refractivity contribution < 1.29 is 14.3 Å². The number of carbonyl (C=O) groups excluding carboxylic acids is 1. The predicted octanol–water partition coefficient (Wildman–Crippen LogP) is 2.59. The molecule has 0 spiro atoms. The lowest BCUT2D eigenvalue weighted by Gasteiger charge is -2.31. The van der Waals surface area contributed by atoms with E-state index in [-0.39, 0.29) is 0 Å². The molecule has 0 N–H and O–H groups in total. The highest BCUT2D eigenvalue weighted by Gasteiger charge is 2.38. The Hall–Kier alpha value is -1.87. The van der Waals surface area contributed by atoms with Gasteiger partial charge >= 0.3 is 0 Å². The van der Waals surface area contributed by atoms with Crippen LogP contribution in [-0.4, -0.2) is 26.1 Å². The monoisotopic (exact) mass is 244 g/mol. The molecule has 1 aromatic carbocycles. The fourth-order valence-electron chi connectivity index (χ4n) is 2.16. The van der Waals surface area contributed by atoms with Crippen molar-refractivity contribution in [3.05, 3.63) is 53.8 Å². The maximum Gasteiger partial charge on any atom is 0.183 e. The standard InChI is InChI=1S/C15H16O3/c1-17-14-9-8-13(10-15(14,11-16)18-2)12-6-4-3-5-7-12/h3-9,11H,10H2,1-2H3. The second kappa shape index (κ2) is 5.19. The molecule has 0 saturated heterocycles. The van der Waals surface area contributed by atoms with E-state index in [1.165, 1.54) is 7.11 Å². The molecule has 0 saturated carbocycles. The Morgan fingerprint density at radius 3 is 2.44 bits per heavy atom. The summed E-state index contributed by atoms with van der Waals surface area (Å²) in [5.74, 6) is 0.541. The topological polar surface area (TPSA) is 35.5 Å². The van der Waals surface area contributed by atoms with Crippen molar-refractivity contribution in [3.63, 3.8) is 0 Å². The molecular weight excluding hydrogens is 228 g/mol. The molecule has 3 nitrogen and oxygen atoms in total. The number of rotatable bonds is 4. The zero-order valence-electron chi connectivity index (χ0n) is 10.6. The molecule has 0 heterocycles. The summed E-state index contributed by atoms with van der Waals surface area (Å²) in [4.78, 5) is 11.4. The summed E-state index contributed by atoms with van der Waals surface area (Å²) in [5, 5.41) is 0. The van der Waals surface area contributed by atoms with Crippen LogP contribution in [0, 0.1) is 0 Å². The van der Waals surface area contributed by atoms with Crippen molar-refractivity contribution in [2.75, 3.05) is 14.2 Å². The van der Waals surface area contributed by atoms with E-state index < -0.39 is 5.60 Å². The Morgan fingerprint density at radius 1 is 1.17 bits per heavy atom. The van der Waals surface area contributed by atoms with Gasteiger partial charge in [0.2, 0.25) is 0 Å². The highest BCUT2D eigenvalue weighted by molar-refractivity contribution is 5.79. The summed E-state index contributed by atoms with van der Waals surface area (Å²) < 4.78 is 10.6. The van der Waals surface area contributed by atoms with Crippen LogP contribution in [0.5, 0.6) is 0 Å². The van der Waals surface area contributed by atoms with Gasteiger partial charge in [-0.1, -0.05) is 36.4 Å². The number of ether oxygens (including phenoxy) is 2. The van der Waals surface area contributed by atoms with Gasteiger partial charge in [0, 0.05) is 13.5 Å². The van der Waals surface area contributed by atoms with Gasteiger partial charge in [-0.3, -0.25) is 4.79 Å². The van der Waals surface area contributed by atoms with Crippen LogP contribution < -0.4 is 0 Å². The molecule has 0 fully saturated rings. The minimum Gasteiger partial charge on any atom is -0.498 e. The van der Waals surface area contributed by atoms with Gasteiger partial charge in [-0.15, -0.1) is 0 Å². The van der Waals surface area contributed by atoms with Gasteiger partial charge in [-0.2, -0.15) is 0 Å². The van der Waals surface area contributed by atoms with Crippen LogP contribution in [0.15, 0.2) is 48.2 Å². The minimum atomic E-state index is -1.01. The average Bonchev–Trinajstić information content (AvgIpc) is 2.47. The molecule has 0 radical (unpaired) electrons. The Morgan fingerprint density at radius 2 is 1.89 bits per heavy atom. The first kappa shape index (κ1) is 12.6. The molecule has 3 heteroatoms. The molecule has 1 aliphatic rings. The Bertz CT molecular complexity index is 488. The van der Waals surface area contributed by atoms with Gasteiger partial charge < -0.3 is 9.47 Å². The summed E-state index contributed by atoms with van der Waals surface area (Å²) in [5.41, 5.74) is 1.15. The third kappa shape index (κ3) is 2.09. The quantitative estimate of drug-likeness (QED) is 0.764. The molecule has 0 bridgehead atoms. The van der Waals surface area contributed by atoms with Crippen LogP contribution >= 0.6 is 0 Å². The van der Waals surface area contributed by atoms with Crippen LogP contribution in [0.1, 0.15) is 12.0 Å². The summed E-state index contributed by atoms with van der Waals surface area (Å²) in [6.07, 6.45) is 5.05. The number of allylic oxidation sites excluding steroid dienone is 2. The Kier molecular flexibility index (Phi) is 3.63. The molecule has 94 valence electrons. The zero-order chi connectivity index (χ0) is 13.0. The summed E-state index contributed by atoms with van der Waals surface area (Å²) >= 11 is 0. The third-order valence-corrected chi connectivity index (χ3v) is 3.23. The van der Waals surface area contributed by atoms with Gasteiger partial charge in [0.15, 0.2) is 11.9 Å². The van der Waals surface area contributed by atoms with Crippen molar-refractivity contribution in [1.29, 1.82) is 0 Å². The van der Waals surface area contributed by atoms with Gasteiger partial charge in [-0.05, 0) is 17.2 Å². The molecule has 1 aliphatic carbocycles. The largest absolute Gasteiger partial charge is 0.498 e. The molecule has 0 aromatic heterocycles. The number of carbonyl (C=O) groups is 1. The predicted molar refractivity (Wildman–Crippen MR) is 69.9 cm³/mol. The number of aldehydes is 1. The average molecular weight is 244 g/mol. The number of hydrogen-bond donors (Lipinski definition) is 0. The second-order valence-electron chi connectivity index (χ2n) is 4.18. The lowest BCUT2D eigenvalue weighted by molar-refractivity contribution is -0.126. The van der Waals surface area contributed by atoms with Gasteiger partial charge in [0.1, 0.15) is 5.76 Å². The van der Waals surface area contributed by atoms with E-state index in [1.807, 2.05) is 36.4 Å². The molecule has 0 aliphatic heterocycles. The zero-order valence-corrected chi connectivity index (χ0v) is 10.6. The first-order chi connectivity index (χ1) is 8.75. The van der Waals surface area contributed by atoms with Crippen molar-refractivity contribution in [2.45, 2.75) is 12.0 Å². The molecule has 1 aromatic rings. The molecular formula is C15H16O3. The van der Waals surface area contributed by atoms with E-state index in [0.717, 1.165) is 17.4 Å². The second-order valence-corrected chi connectivity index (χ2v) is 4.18. The molecule has 1 unspecified atom stereocenters. The molecule has 2 rings (SSSR count). The van der Waals surface area contributed by atoms with Crippen molar-refractivity contribution in [3.8, 4) is 0 Å². The maximum absolute atomic E-state index is 11.4. The lowest BCUT2D eigenvalue weighted by Crippen LogP contribution is -2.38. The molecule has 1 atom stereocenters. The first-order valence-electron chi connectivity index (χ1n) is 5.78. The highest BCUT2D eigenvalue weighted by atomic mass is 16.5. The normalized spacial score (nSPS) is 23.0. The third-order valence-electron chi connectivity index (χ3n) is 3.23. The lowest BCUT2D eigenvalue weighted by atomic mass is 9.85. The van der Waals surface area contributed by atoms with E-state index in [4.69, 9.17) is 9.47 Å². The number of benzene rings is 1. The van der Waals surface area contributed by atoms with E-state index in [2.05, 4.69) is 0 Å². The van der Waals surface area contributed by atoms with E-state index in [9.17, 15) is 4.79 Å². The summed E-state index contributed by atoms with van der Waals surface area (Å²) in [6, 6.07) is 9.94. The van der Waals surface area contributed by atoms with Crippen molar-refractivity contribution in [2.24, 2.45) is 0 Å². The van der Waals surface area contributed by atoms with Crippen LogP contribution in [-0.2, 0) is 14.3 Å². The van der Waals surface area contributed by atoms with Crippen LogP contribution in [0.2, 0.25) is 0 Å². The fraction of sp³-hybridized carbons (Fsp3) is 0.267. The van der Waals surface area contributed by atoms with Crippen molar-refractivity contribution in [1.82, 2.24) is 0 Å². The molecule has 18 heavy (non-hydrogen) atoms. The van der Waals surface area contributed by atoms with Crippen LogP contribution in [0.4, 0.5) is 0 Å². The number of methoxy groups -OCH3 is 2. The van der Waals surface area contributed by atoms with E-state index in [1.54, 1.807) is 13.2 Å². The fourth-order valence-corrected chi connectivity index (χ4v) is 2.16. The van der Waals surface area contributed by atoms with E-state index >= 15 is 0 Å².